The molecule has 0 radical (unpaired) electrons. The summed E-state index contributed by atoms with van der Waals surface area (Å²) in [5.41, 5.74) is 31.7. The molecule has 0 saturated heterocycles. The summed E-state index contributed by atoms with van der Waals surface area (Å²) >= 11 is 0. The lowest BCUT2D eigenvalue weighted by Crippen LogP contribution is -1.95. The fourth-order valence-electron chi connectivity index (χ4n) is 20.2. The van der Waals surface area contributed by atoms with Crippen molar-refractivity contribution >= 4 is 130 Å². The molecule has 26 rings (SSSR count). The molecule has 0 saturated carbocycles. The number of benzene rings is 20. The Morgan fingerprint density at radius 2 is 0.398 bits per heavy atom. The minimum absolute atomic E-state index is 0.959. The van der Waals surface area contributed by atoms with Crippen LogP contribution in [0, 0.1) is 0 Å². The number of fused-ring (bicyclic) bond motifs is 19. The molecule has 0 amide bonds. The first-order valence-electron chi connectivity index (χ1n) is 43.9. The molecule has 6 heterocycles. The molecular formula is C122H78N6. The zero-order chi connectivity index (χ0) is 84.3. The van der Waals surface area contributed by atoms with Crippen LogP contribution >= 0.6 is 0 Å². The molecule has 0 N–H and O–H groups in total. The number of aromatic nitrogens is 6. The summed E-state index contributed by atoms with van der Waals surface area (Å²) in [4.78, 5) is 10.2. The van der Waals surface area contributed by atoms with E-state index in [1.807, 2.05) is 12.1 Å². The van der Waals surface area contributed by atoms with Crippen molar-refractivity contribution in [1.82, 2.24) is 28.2 Å². The van der Waals surface area contributed by atoms with Gasteiger partial charge in [-0.1, -0.05) is 346 Å². The highest BCUT2D eigenvalue weighted by atomic mass is 15.0. The largest absolute Gasteiger partial charge is 0.309 e. The first-order valence-corrected chi connectivity index (χ1v) is 43.9. The summed E-state index contributed by atoms with van der Waals surface area (Å²) < 4.78 is 9.71. The second kappa shape index (κ2) is 30.5. The van der Waals surface area contributed by atoms with Gasteiger partial charge in [-0.05, 0) is 210 Å². The molecule has 0 atom stereocenters. The second-order valence-corrected chi connectivity index (χ2v) is 33.5. The lowest BCUT2D eigenvalue weighted by atomic mass is 9.94. The van der Waals surface area contributed by atoms with Crippen LogP contribution in [0.25, 0.3) is 243 Å². The third-order valence-corrected chi connectivity index (χ3v) is 26.2. The molecule has 0 spiro atoms. The molecule has 6 nitrogen and oxygen atoms in total. The van der Waals surface area contributed by atoms with Crippen LogP contribution in [0.3, 0.4) is 0 Å². The smallest absolute Gasteiger partial charge is 0.0715 e. The molecule has 0 fully saturated rings. The highest BCUT2D eigenvalue weighted by Gasteiger charge is 2.23. The lowest BCUT2D eigenvalue weighted by molar-refractivity contribution is 1.18. The van der Waals surface area contributed by atoms with Gasteiger partial charge in [0.15, 0.2) is 0 Å². The van der Waals surface area contributed by atoms with Gasteiger partial charge in [-0.15, -0.1) is 0 Å². The highest BCUT2D eigenvalue weighted by molar-refractivity contribution is 6.26. The van der Waals surface area contributed by atoms with Crippen molar-refractivity contribution in [2.75, 3.05) is 0 Å². The van der Waals surface area contributed by atoms with E-state index in [9.17, 15) is 0 Å². The fraction of sp³-hybridized carbons (Fsp3) is 0. The normalized spacial score (nSPS) is 11.8. The van der Waals surface area contributed by atoms with E-state index in [1.54, 1.807) is 0 Å². The maximum Gasteiger partial charge on any atom is 0.0715 e. The van der Waals surface area contributed by atoms with Crippen LogP contribution in [0.5, 0.6) is 0 Å². The number of hydrogen-bond acceptors (Lipinski definition) is 2. The van der Waals surface area contributed by atoms with E-state index in [0.717, 1.165) is 84.3 Å². The topological polar surface area (TPSA) is 45.5 Å². The van der Waals surface area contributed by atoms with Crippen molar-refractivity contribution in [2.45, 2.75) is 0 Å². The van der Waals surface area contributed by atoms with Gasteiger partial charge in [0.2, 0.25) is 0 Å². The molecule has 20 aromatic carbocycles. The molecule has 596 valence electrons. The average molecular weight is 1630 g/mol. The summed E-state index contributed by atoms with van der Waals surface area (Å²) in [5, 5.41) is 20.1. The summed E-state index contributed by atoms with van der Waals surface area (Å²) in [6.45, 7) is 0. The van der Waals surface area contributed by atoms with Crippen molar-refractivity contribution in [1.29, 1.82) is 0 Å². The standard InChI is InChI=1S/C65H41N3.C57H37N3/c1-3-15-43(16-4-1)60-38-47(39-61(66-60)44-17-5-2-6-18-44)42-27-31-48(32-28-42)67-63-26-14-12-24-56(63)59-37-45(30-36-64(59)67)46-29-34-57-55-23-11-13-25-62(55)68(65(57)40-46)49-33-35-54-52-21-8-7-19-50(52)51-20-9-10-22-53(51)58(54)41-49;1-3-15-40(16-4-1)51-35-44(36-52(58-51)41-17-5-2-6-18-41)38-26-30-45(31-27-38)59-54-23-11-10-22-48(54)50-34-42(29-33-56(50)59)43-28-32-49-47-21-9-12-24-55(47)60(57(49)37-43)53-25-13-19-39-14-7-8-20-46(39)53/h1-41H;1-37H. The SMILES string of the molecule is c1ccc(-c2cc(-c3ccc(-n4c5ccccc5c5cc(-c6ccc7c8ccccc8n(-c8ccc9c%10ccccc%10c%10ccccc%10c9c8)c7c6)ccc54)cc3)cc(-c3ccccc3)n2)cc1.c1ccc(-c2cc(-c3ccc(-n4c5ccccc5c5cc(-c6ccc7c8ccccc8n(-c8cccc9ccccc89)c7c6)ccc54)cc3)cc(-c3ccccc3)n2)cc1. The number of nitrogens with zero attached hydrogens (tertiary/aromatic N) is 6. The van der Waals surface area contributed by atoms with Crippen molar-refractivity contribution in [3.8, 4) is 112 Å². The number of pyridine rings is 2. The van der Waals surface area contributed by atoms with Crippen molar-refractivity contribution in [2.24, 2.45) is 0 Å². The van der Waals surface area contributed by atoms with Gasteiger partial charge in [-0.25, -0.2) is 9.97 Å². The molecule has 0 aliphatic rings. The van der Waals surface area contributed by atoms with Crippen LogP contribution in [0.2, 0.25) is 0 Å². The maximum absolute atomic E-state index is 5.12. The van der Waals surface area contributed by atoms with Crippen molar-refractivity contribution in [3.05, 3.63) is 473 Å². The predicted molar refractivity (Wildman–Crippen MR) is 539 cm³/mol. The number of para-hydroxylation sites is 4. The van der Waals surface area contributed by atoms with Crippen LogP contribution in [-0.2, 0) is 0 Å². The number of rotatable bonds is 12. The van der Waals surface area contributed by atoms with Crippen molar-refractivity contribution in [3.63, 3.8) is 0 Å². The Balaban J connectivity index is 0.000000140. The third kappa shape index (κ3) is 12.5. The van der Waals surface area contributed by atoms with Gasteiger partial charge in [-0.3, -0.25) is 0 Å². The van der Waals surface area contributed by atoms with Gasteiger partial charge in [0.25, 0.3) is 0 Å². The molecule has 6 aromatic heterocycles. The van der Waals surface area contributed by atoms with Gasteiger partial charge in [0, 0.05) is 87.8 Å². The number of hydrogen-bond donors (Lipinski definition) is 0. The Morgan fingerprint density at radius 3 is 0.820 bits per heavy atom. The summed E-state index contributed by atoms with van der Waals surface area (Å²) in [6, 6.07) is 172. The highest BCUT2D eigenvalue weighted by Crippen LogP contribution is 2.45. The third-order valence-electron chi connectivity index (χ3n) is 26.2. The zero-order valence-electron chi connectivity index (χ0n) is 69.7. The van der Waals surface area contributed by atoms with Crippen molar-refractivity contribution < 1.29 is 0 Å². The van der Waals surface area contributed by atoms with E-state index in [0.29, 0.717) is 0 Å². The average Bonchev–Trinajstić information content (AvgIpc) is 1.64. The Bertz CT molecular complexity index is 8750. The van der Waals surface area contributed by atoms with Crippen LogP contribution in [-0.4, -0.2) is 28.2 Å². The molecule has 0 bridgehead atoms. The fourth-order valence-corrected chi connectivity index (χ4v) is 20.2. The maximum atomic E-state index is 5.12. The molecule has 0 aliphatic carbocycles. The molecule has 0 aliphatic heterocycles. The van der Waals surface area contributed by atoms with Crippen LogP contribution in [0.15, 0.2) is 473 Å². The molecule has 6 heteroatoms. The van der Waals surface area contributed by atoms with Crippen LogP contribution in [0.4, 0.5) is 0 Å². The summed E-state index contributed by atoms with van der Waals surface area (Å²) in [6.07, 6.45) is 0. The van der Waals surface area contributed by atoms with E-state index in [1.165, 1.54) is 158 Å². The first kappa shape index (κ1) is 73.6. The summed E-state index contributed by atoms with van der Waals surface area (Å²) in [5.74, 6) is 0. The van der Waals surface area contributed by atoms with Gasteiger partial charge in [0.05, 0.1) is 72.6 Å². The van der Waals surface area contributed by atoms with E-state index in [2.05, 4.69) is 479 Å². The monoisotopic (exact) mass is 1630 g/mol. The Hall–Kier alpha value is -17.1. The molecule has 26 aromatic rings. The van der Waals surface area contributed by atoms with E-state index in [-0.39, 0.29) is 0 Å². The van der Waals surface area contributed by atoms with E-state index < -0.39 is 0 Å². The molecular weight excluding hydrogens is 1550 g/mol. The van der Waals surface area contributed by atoms with E-state index in [4.69, 9.17) is 9.97 Å². The lowest BCUT2D eigenvalue weighted by Gasteiger charge is -2.14. The Kier molecular flexibility index (Phi) is 17.5. The van der Waals surface area contributed by atoms with Gasteiger partial charge >= 0.3 is 0 Å². The quantitative estimate of drug-likeness (QED) is 0.114. The van der Waals surface area contributed by atoms with E-state index >= 15 is 0 Å². The van der Waals surface area contributed by atoms with Gasteiger partial charge in [-0.2, -0.15) is 0 Å². The molecule has 0 unspecified atom stereocenters. The predicted octanol–water partition coefficient (Wildman–Crippen LogP) is 32.5. The first-order chi connectivity index (χ1) is 63.5. The minimum atomic E-state index is 0.959. The Labute approximate surface area is 738 Å². The summed E-state index contributed by atoms with van der Waals surface area (Å²) in [7, 11) is 0. The van der Waals surface area contributed by atoms with Gasteiger partial charge in [0.1, 0.15) is 0 Å². The van der Waals surface area contributed by atoms with Crippen LogP contribution in [0.1, 0.15) is 0 Å². The second-order valence-electron chi connectivity index (χ2n) is 33.5. The van der Waals surface area contributed by atoms with Gasteiger partial charge < -0.3 is 18.3 Å². The zero-order valence-corrected chi connectivity index (χ0v) is 69.7. The van der Waals surface area contributed by atoms with Crippen LogP contribution < -0.4 is 0 Å². The minimum Gasteiger partial charge on any atom is -0.309 e. The molecule has 128 heavy (non-hydrogen) atoms. The Morgan fingerprint density at radius 1 is 0.125 bits per heavy atom.